The third-order valence-corrected chi connectivity index (χ3v) is 3.05. The summed E-state index contributed by atoms with van der Waals surface area (Å²) in [6.07, 6.45) is 0.845. The number of carbonyl (C=O) groups is 3. The van der Waals surface area contributed by atoms with Crippen LogP contribution >= 0.6 is 0 Å². The number of benzene rings is 1. The Morgan fingerprint density at radius 3 is 2.53 bits per heavy atom. The number of nitrogens with zero attached hydrogens (tertiary/aromatic N) is 1. The zero-order chi connectivity index (χ0) is 12.4. The van der Waals surface area contributed by atoms with Gasteiger partial charge in [-0.2, -0.15) is 0 Å². The summed E-state index contributed by atoms with van der Waals surface area (Å²) in [6, 6.07) is 8.78. The van der Waals surface area contributed by atoms with Crippen molar-refractivity contribution in [2.75, 3.05) is 4.90 Å². The minimum absolute atomic E-state index is 0.119. The van der Waals surface area contributed by atoms with E-state index < -0.39 is 11.8 Å². The van der Waals surface area contributed by atoms with Crippen LogP contribution in [0, 0.1) is 11.8 Å². The second-order valence-electron chi connectivity index (χ2n) is 4.21. The molecule has 0 aliphatic carbocycles. The Bertz CT molecular complexity index is 455. The lowest BCUT2D eigenvalue weighted by molar-refractivity contribution is -0.125. The number of para-hydroxylation sites is 1. The average Bonchev–Trinajstić information content (AvgIpc) is 2.65. The van der Waals surface area contributed by atoms with Gasteiger partial charge in [0.1, 0.15) is 6.29 Å². The van der Waals surface area contributed by atoms with Crippen molar-refractivity contribution in [3.05, 3.63) is 30.3 Å². The lowest BCUT2D eigenvalue weighted by atomic mass is 9.94. The maximum Gasteiger partial charge on any atom is 0.238 e. The number of amides is 2. The van der Waals surface area contributed by atoms with E-state index in [-0.39, 0.29) is 18.2 Å². The molecule has 1 heterocycles. The third-order valence-electron chi connectivity index (χ3n) is 3.05. The Kier molecular flexibility index (Phi) is 3.04. The van der Waals surface area contributed by atoms with Crippen molar-refractivity contribution in [2.45, 2.75) is 13.3 Å². The Hall–Kier alpha value is -1.97. The molecule has 1 aliphatic heterocycles. The number of rotatable bonds is 3. The first-order chi connectivity index (χ1) is 8.15. The van der Waals surface area contributed by atoms with E-state index in [1.54, 1.807) is 31.2 Å². The summed E-state index contributed by atoms with van der Waals surface area (Å²) in [5.74, 6) is -1.44. The second-order valence-corrected chi connectivity index (χ2v) is 4.21. The molecule has 0 saturated carbocycles. The highest BCUT2D eigenvalue weighted by Crippen LogP contribution is 2.29. The Morgan fingerprint density at radius 2 is 1.94 bits per heavy atom. The van der Waals surface area contributed by atoms with Crippen molar-refractivity contribution < 1.29 is 14.4 Å². The molecule has 1 saturated heterocycles. The van der Waals surface area contributed by atoms with Crippen molar-refractivity contribution in [1.82, 2.24) is 0 Å². The van der Waals surface area contributed by atoms with E-state index in [2.05, 4.69) is 0 Å². The second kappa shape index (κ2) is 4.49. The Morgan fingerprint density at radius 1 is 1.29 bits per heavy atom. The first-order valence-corrected chi connectivity index (χ1v) is 5.52. The van der Waals surface area contributed by atoms with Gasteiger partial charge in [-0.1, -0.05) is 25.1 Å². The number of carbonyl (C=O) groups excluding carboxylic acids is 3. The maximum atomic E-state index is 12.1. The molecule has 0 aromatic heterocycles. The SMILES string of the molecule is C[C@@H](C=O)[C@H]1CC(=O)N(c2ccccc2)C1=O. The number of aldehydes is 1. The van der Waals surface area contributed by atoms with Crippen LogP contribution in [0.15, 0.2) is 30.3 Å². The van der Waals surface area contributed by atoms with Crippen LogP contribution in [0.4, 0.5) is 5.69 Å². The summed E-state index contributed by atoms with van der Waals surface area (Å²) < 4.78 is 0. The van der Waals surface area contributed by atoms with Crippen molar-refractivity contribution in [1.29, 1.82) is 0 Å². The average molecular weight is 231 g/mol. The number of anilines is 1. The van der Waals surface area contributed by atoms with Crippen LogP contribution in [-0.2, 0) is 14.4 Å². The molecule has 0 unspecified atom stereocenters. The topological polar surface area (TPSA) is 54.5 Å². The van der Waals surface area contributed by atoms with E-state index >= 15 is 0 Å². The molecule has 0 bridgehead atoms. The summed E-state index contributed by atoms with van der Waals surface area (Å²) in [5.41, 5.74) is 0.572. The van der Waals surface area contributed by atoms with Gasteiger partial charge in [0.2, 0.25) is 11.8 Å². The largest absolute Gasteiger partial charge is 0.303 e. The predicted octanol–water partition coefficient (Wildman–Crippen LogP) is 1.40. The number of imide groups is 1. The van der Waals surface area contributed by atoms with Crippen molar-refractivity contribution in [3.8, 4) is 0 Å². The van der Waals surface area contributed by atoms with Gasteiger partial charge < -0.3 is 4.79 Å². The smallest absolute Gasteiger partial charge is 0.238 e. The van der Waals surface area contributed by atoms with Gasteiger partial charge in [-0.3, -0.25) is 14.5 Å². The van der Waals surface area contributed by atoms with Gasteiger partial charge in [0.15, 0.2) is 0 Å². The van der Waals surface area contributed by atoms with E-state index in [0.29, 0.717) is 5.69 Å². The first-order valence-electron chi connectivity index (χ1n) is 5.52. The summed E-state index contributed by atoms with van der Waals surface area (Å²) in [5, 5.41) is 0. The predicted molar refractivity (Wildman–Crippen MR) is 62.3 cm³/mol. The zero-order valence-corrected chi connectivity index (χ0v) is 9.50. The highest BCUT2D eigenvalue weighted by atomic mass is 16.2. The van der Waals surface area contributed by atoms with E-state index in [1.165, 1.54) is 4.90 Å². The van der Waals surface area contributed by atoms with Gasteiger partial charge in [-0.25, -0.2) is 0 Å². The van der Waals surface area contributed by atoms with Crippen LogP contribution in [0.5, 0.6) is 0 Å². The number of hydrogen-bond acceptors (Lipinski definition) is 3. The minimum atomic E-state index is -0.514. The molecule has 0 N–H and O–H groups in total. The van der Waals surface area contributed by atoms with Crippen LogP contribution in [0.25, 0.3) is 0 Å². The molecule has 17 heavy (non-hydrogen) atoms. The van der Waals surface area contributed by atoms with Gasteiger partial charge in [-0.15, -0.1) is 0 Å². The van der Waals surface area contributed by atoms with Crippen molar-refractivity contribution in [2.24, 2.45) is 11.8 Å². The molecule has 4 heteroatoms. The Balaban J connectivity index is 2.29. The standard InChI is InChI=1S/C13H13NO3/c1-9(8-15)11-7-12(16)14(13(11)17)10-5-3-2-4-6-10/h2-6,8-9,11H,7H2,1H3/t9-,11+/m0/s1. The minimum Gasteiger partial charge on any atom is -0.303 e. The molecule has 88 valence electrons. The molecule has 2 atom stereocenters. The lowest BCUT2D eigenvalue weighted by Gasteiger charge is -2.15. The molecule has 0 radical (unpaired) electrons. The fourth-order valence-corrected chi connectivity index (χ4v) is 2.01. The highest BCUT2D eigenvalue weighted by molar-refractivity contribution is 6.21. The number of hydrogen-bond donors (Lipinski definition) is 0. The normalized spacial score (nSPS) is 21.7. The van der Waals surface area contributed by atoms with E-state index in [1.807, 2.05) is 6.07 Å². The molecule has 1 fully saturated rings. The molecule has 1 aliphatic rings. The van der Waals surface area contributed by atoms with Crippen LogP contribution in [0.3, 0.4) is 0 Å². The lowest BCUT2D eigenvalue weighted by Crippen LogP contribution is -2.32. The molecule has 4 nitrogen and oxygen atoms in total. The van der Waals surface area contributed by atoms with Gasteiger partial charge in [0, 0.05) is 12.3 Å². The van der Waals surface area contributed by atoms with Crippen LogP contribution < -0.4 is 4.90 Å². The summed E-state index contributed by atoms with van der Waals surface area (Å²) >= 11 is 0. The highest BCUT2D eigenvalue weighted by Gasteiger charge is 2.41. The molecule has 0 spiro atoms. The van der Waals surface area contributed by atoms with Gasteiger partial charge in [-0.05, 0) is 12.1 Å². The van der Waals surface area contributed by atoms with E-state index in [9.17, 15) is 14.4 Å². The molecule has 2 rings (SSSR count). The summed E-state index contributed by atoms with van der Waals surface area (Å²) in [7, 11) is 0. The first kappa shape index (κ1) is 11.5. The maximum absolute atomic E-state index is 12.1. The zero-order valence-electron chi connectivity index (χ0n) is 9.50. The molecule has 1 aromatic rings. The molecular formula is C13H13NO3. The van der Waals surface area contributed by atoms with Crippen LogP contribution in [0.1, 0.15) is 13.3 Å². The summed E-state index contributed by atoms with van der Waals surface area (Å²) in [6.45, 7) is 1.66. The third kappa shape index (κ3) is 1.98. The summed E-state index contributed by atoms with van der Waals surface area (Å²) in [4.78, 5) is 35.7. The van der Waals surface area contributed by atoms with E-state index in [4.69, 9.17) is 0 Å². The van der Waals surface area contributed by atoms with Crippen LogP contribution in [-0.4, -0.2) is 18.1 Å². The quantitative estimate of drug-likeness (QED) is 0.583. The molecule has 2 amide bonds. The van der Waals surface area contributed by atoms with Crippen molar-refractivity contribution >= 4 is 23.8 Å². The van der Waals surface area contributed by atoms with Crippen molar-refractivity contribution in [3.63, 3.8) is 0 Å². The Labute approximate surface area is 99.2 Å². The van der Waals surface area contributed by atoms with Gasteiger partial charge >= 0.3 is 0 Å². The fraction of sp³-hybridized carbons (Fsp3) is 0.308. The van der Waals surface area contributed by atoms with Crippen LogP contribution in [0.2, 0.25) is 0 Å². The van der Waals surface area contributed by atoms with Gasteiger partial charge in [0.05, 0.1) is 11.6 Å². The fourth-order valence-electron chi connectivity index (χ4n) is 2.01. The molecular weight excluding hydrogens is 218 g/mol. The van der Waals surface area contributed by atoms with Gasteiger partial charge in [0.25, 0.3) is 0 Å². The monoisotopic (exact) mass is 231 g/mol. The molecule has 1 aromatic carbocycles. The van der Waals surface area contributed by atoms with E-state index in [0.717, 1.165) is 6.29 Å².